The molecule has 9 nitrogen and oxygen atoms in total. The van der Waals surface area contributed by atoms with E-state index in [1.165, 1.54) is 11.0 Å². The number of aliphatic hydroxyl groups excluding tert-OH is 1. The molecule has 0 fully saturated rings. The maximum absolute atomic E-state index is 13.6. The summed E-state index contributed by atoms with van der Waals surface area (Å²) in [5.74, 6) is -3.57. The van der Waals surface area contributed by atoms with E-state index in [0.717, 1.165) is 16.7 Å². The van der Waals surface area contributed by atoms with E-state index in [9.17, 15) is 24.3 Å². The van der Waals surface area contributed by atoms with Crippen molar-refractivity contribution in [2.75, 3.05) is 19.8 Å². The van der Waals surface area contributed by atoms with Crippen LogP contribution in [0.2, 0.25) is 0 Å². The summed E-state index contributed by atoms with van der Waals surface area (Å²) in [4.78, 5) is 55.1. The number of amides is 2. The molecule has 0 aliphatic carbocycles. The van der Waals surface area contributed by atoms with Gasteiger partial charge in [-0.1, -0.05) is 103 Å². The first-order valence-corrected chi connectivity index (χ1v) is 16.2. The zero-order valence-electron chi connectivity index (χ0n) is 27.4. The number of nitrogens with zero attached hydrogens (tertiary/aromatic N) is 1. The van der Waals surface area contributed by atoms with Gasteiger partial charge in [0.2, 0.25) is 11.8 Å². The Balaban J connectivity index is 1.74. The van der Waals surface area contributed by atoms with E-state index in [4.69, 9.17) is 9.47 Å². The highest BCUT2D eigenvalue weighted by Crippen LogP contribution is 2.18. The van der Waals surface area contributed by atoms with Crippen LogP contribution in [0.25, 0.3) is 0 Å². The van der Waals surface area contributed by atoms with Gasteiger partial charge in [0.1, 0.15) is 13.2 Å². The Morgan fingerprint density at radius 1 is 0.771 bits per heavy atom. The van der Waals surface area contributed by atoms with Crippen molar-refractivity contribution in [3.63, 3.8) is 0 Å². The van der Waals surface area contributed by atoms with Crippen LogP contribution in [-0.4, -0.2) is 59.6 Å². The molecule has 2 amide bonds. The molecule has 0 aliphatic rings. The van der Waals surface area contributed by atoms with E-state index in [-0.39, 0.29) is 45.1 Å². The minimum Gasteiger partial charge on any atom is -0.463 e. The van der Waals surface area contributed by atoms with Crippen molar-refractivity contribution in [1.29, 1.82) is 0 Å². The third-order valence-electron chi connectivity index (χ3n) is 7.78. The summed E-state index contributed by atoms with van der Waals surface area (Å²) in [6, 6.07) is 26.6. The fraction of sp³-hybridized carbons (Fsp3) is 0.333. The summed E-state index contributed by atoms with van der Waals surface area (Å²) >= 11 is 0. The monoisotopic (exact) mass is 654 g/mol. The van der Waals surface area contributed by atoms with Crippen LogP contribution in [-0.2, 0) is 48.2 Å². The van der Waals surface area contributed by atoms with Crippen molar-refractivity contribution in [3.8, 4) is 0 Å². The van der Waals surface area contributed by atoms with Gasteiger partial charge in [-0.3, -0.25) is 14.4 Å². The van der Waals surface area contributed by atoms with E-state index in [0.29, 0.717) is 19.3 Å². The van der Waals surface area contributed by atoms with Gasteiger partial charge in [0, 0.05) is 19.5 Å². The minimum atomic E-state index is -1.32. The van der Waals surface area contributed by atoms with Gasteiger partial charge in [0.15, 0.2) is 6.04 Å². The van der Waals surface area contributed by atoms with Gasteiger partial charge < -0.3 is 24.8 Å². The topological polar surface area (TPSA) is 122 Å². The summed E-state index contributed by atoms with van der Waals surface area (Å²) in [6.07, 6.45) is 4.78. The summed E-state index contributed by atoms with van der Waals surface area (Å²) < 4.78 is 11.2. The smallest absolute Gasteiger partial charge is 0.332 e. The number of rotatable bonds is 21. The van der Waals surface area contributed by atoms with E-state index < -0.39 is 42.3 Å². The Hall–Kier alpha value is -5.02. The molecule has 48 heavy (non-hydrogen) atoms. The van der Waals surface area contributed by atoms with E-state index in [1.54, 1.807) is 18.2 Å². The Morgan fingerprint density at radius 2 is 1.38 bits per heavy atom. The highest BCUT2D eigenvalue weighted by molar-refractivity contribution is 5.89. The van der Waals surface area contributed by atoms with Gasteiger partial charge in [0.25, 0.3) is 0 Å². The fourth-order valence-electron chi connectivity index (χ4n) is 5.13. The van der Waals surface area contributed by atoms with E-state index in [2.05, 4.69) is 18.5 Å². The molecule has 3 aromatic carbocycles. The van der Waals surface area contributed by atoms with Crippen molar-refractivity contribution in [2.24, 2.45) is 11.8 Å². The second kappa shape index (κ2) is 21.0. The first-order chi connectivity index (χ1) is 23.3. The standard InChI is InChI=1S/C39H46N2O7/c1-3-5-22-34(25-30-16-9-6-10-17-30)38(45)48-29-35(39(46)47-28-32-20-13-8-14-21-32)40-37(44)33(15-4-2)26-36(43)41(23-24-42)27-31-18-11-7-12-19-31/h3-4,6-14,16-21,33-35,42H,1-2,5,15,22-29H2,(H,40,44)/t33-,34+,35+/m0/s1. The third kappa shape index (κ3) is 13.0. The molecule has 3 atom stereocenters. The predicted octanol–water partition coefficient (Wildman–Crippen LogP) is 5.19. The molecule has 3 aromatic rings. The average Bonchev–Trinajstić information content (AvgIpc) is 3.11. The molecular weight excluding hydrogens is 608 g/mol. The largest absolute Gasteiger partial charge is 0.463 e. The van der Waals surface area contributed by atoms with E-state index in [1.807, 2.05) is 78.9 Å². The Bertz CT molecular complexity index is 1450. The lowest BCUT2D eigenvalue weighted by Crippen LogP contribution is -2.48. The van der Waals surface area contributed by atoms with Gasteiger partial charge in [-0.2, -0.15) is 0 Å². The van der Waals surface area contributed by atoms with Crippen LogP contribution in [0, 0.1) is 11.8 Å². The summed E-state index contributed by atoms with van der Waals surface area (Å²) in [6.45, 7) is 7.13. The van der Waals surface area contributed by atoms with Crippen molar-refractivity contribution in [2.45, 2.75) is 51.3 Å². The van der Waals surface area contributed by atoms with Crippen LogP contribution in [0.3, 0.4) is 0 Å². The van der Waals surface area contributed by atoms with Gasteiger partial charge in [-0.15, -0.1) is 13.2 Å². The SMILES string of the molecule is C=CCC[C@H](Cc1ccccc1)C(=O)OC[C@@H](NC(=O)[C@@H](CC=C)CC(=O)N(CCO)Cc1ccccc1)C(=O)OCc1ccccc1. The molecule has 0 saturated heterocycles. The molecule has 2 N–H and O–H groups in total. The molecular formula is C39H46N2O7. The molecule has 0 spiro atoms. The van der Waals surface area contributed by atoms with Crippen molar-refractivity contribution in [1.82, 2.24) is 10.2 Å². The Morgan fingerprint density at radius 3 is 1.96 bits per heavy atom. The first kappa shape index (κ1) is 37.4. The van der Waals surface area contributed by atoms with Crippen LogP contribution < -0.4 is 5.32 Å². The normalized spacial score (nSPS) is 12.5. The lowest BCUT2D eigenvalue weighted by Gasteiger charge is -2.25. The number of benzene rings is 3. The van der Waals surface area contributed by atoms with Crippen LogP contribution in [0.5, 0.6) is 0 Å². The molecule has 0 aliphatic heterocycles. The predicted molar refractivity (Wildman–Crippen MR) is 184 cm³/mol. The molecule has 0 saturated carbocycles. The number of carbonyl (C=O) groups is 4. The average molecular weight is 655 g/mol. The van der Waals surface area contributed by atoms with E-state index >= 15 is 0 Å². The van der Waals surface area contributed by atoms with Crippen LogP contribution in [0.1, 0.15) is 42.4 Å². The molecule has 254 valence electrons. The second-order valence-corrected chi connectivity index (χ2v) is 11.5. The quantitative estimate of drug-likeness (QED) is 0.120. The number of hydrogen-bond donors (Lipinski definition) is 2. The van der Waals surface area contributed by atoms with Crippen molar-refractivity contribution >= 4 is 23.8 Å². The molecule has 0 heterocycles. The number of esters is 2. The van der Waals surface area contributed by atoms with Gasteiger partial charge >= 0.3 is 11.9 Å². The molecule has 3 rings (SSSR count). The molecule has 9 heteroatoms. The maximum atomic E-state index is 13.6. The molecule has 0 radical (unpaired) electrons. The molecule has 0 unspecified atom stereocenters. The third-order valence-corrected chi connectivity index (χ3v) is 7.78. The molecule has 0 bridgehead atoms. The second-order valence-electron chi connectivity index (χ2n) is 11.5. The van der Waals surface area contributed by atoms with Crippen molar-refractivity contribution in [3.05, 3.63) is 133 Å². The number of carbonyl (C=O) groups excluding carboxylic acids is 4. The number of hydrogen-bond acceptors (Lipinski definition) is 7. The van der Waals surface area contributed by atoms with Gasteiger partial charge in [0.05, 0.1) is 18.4 Å². The van der Waals surface area contributed by atoms with Crippen molar-refractivity contribution < 1.29 is 33.8 Å². The first-order valence-electron chi connectivity index (χ1n) is 16.2. The molecule has 0 aromatic heterocycles. The lowest BCUT2D eigenvalue weighted by atomic mass is 9.95. The maximum Gasteiger partial charge on any atom is 0.332 e. The van der Waals surface area contributed by atoms with Gasteiger partial charge in [-0.05, 0) is 42.4 Å². The Kier molecular flexibility index (Phi) is 16.4. The number of ether oxygens (including phenoxy) is 2. The highest BCUT2D eigenvalue weighted by Gasteiger charge is 2.31. The zero-order valence-corrected chi connectivity index (χ0v) is 27.4. The minimum absolute atomic E-state index is 0.0415. The zero-order chi connectivity index (χ0) is 34.6. The fourth-order valence-corrected chi connectivity index (χ4v) is 5.13. The number of aliphatic hydroxyl groups is 1. The highest BCUT2D eigenvalue weighted by atomic mass is 16.6. The van der Waals surface area contributed by atoms with Crippen LogP contribution in [0.4, 0.5) is 0 Å². The van der Waals surface area contributed by atoms with Crippen LogP contribution in [0.15, 0.2) is 116 Å². The van der Waals surface area contributed by atoms with Gasteiger partial charge in [-0.25, -0.2) is 4.79 Å². The number of allylic oxidation sites excluding steroid dienone is 2. The lowest BCUT2D eigenvalue weighted by molar-refractivity contribution is -0.157. The summed E-state index contributed by atoms with van der Waals surface area (Å²) in [5, 5.41) is 12.3. The number of nitrogens with one attached hydrogen (secondary N) is 1. The van der Waals surface area contributed by atoms with Crippen LogP contribution >= 0.6 is 0 Å². The Labute approximate surface area is 283 Å². The summed E-state index contributed by atoms with van der Waals surface area (Å²) in [7, 11) is 0. The summed E-state index contributed by atoms with van der Waals surface area (Å²) in [5.41, 5.74) is 2.60.